The van der Waals surface area contributed by atoms with Crippen LogP contribution in [0.25, 0.3) is 0 Å². The van der Waals surface area contributed by atoms with E-state index in [9.17, 15) is 9.90 Å². The van der Waals surface area contributed by atoms with E-state index in [2.05, 4.69) is 21.2 Å². The van der Waals surface area contributed by atoms with Crippen molar-refractivity contribution in [2.75, 3.05) is 11.9 Å². The van der Waals surface area contributed by atoms with Crippen LogP contribution in [-0.2, 0) is 6.42 Å². The average molecular weight is 336 g/mol. The van der Waals surface area contributed by atoms with E-state index in [0.717, 1.165) is 16.5 Å². The van der Waals surface area contributed by atoms with Crippen LogP contribution in [0, 0.1) is 0 Å². The number of phenols is 1. The molecule has 0 aliphatic heterocycles. The molecule has 20 heavy (non-hydrogen) atoms. The van der Waals surface area contributed by atoms with Gasteiger partial charge < -0.3 is 15.5 Å². The maximum absolute atomic E-state index is 11.1. The van der Waals surface area contributed by atoms with Crippen LogP contribution in [0.4, 0.5) is 5.69 Å². The highest BCUT2D eigenvalue weighted by Gasteiger charge is 2.09. The van der Waals surface area contributed by atoms with Crippen LogP contribution < -0.4 is 5.32 Å². The third kappa shape index (κ3) is 3.74. The number of nitrogens with one attached hydrogen (secondary N) is 1. The van der Waals surface area contributed by atoms with Gasteiger partial charge in [-0.3, -0.25) is 0 Å². The Morgan fingerprint density at radius 3 is 2.50 bits per heavy atom. The molecule has 0 amide bonds. The zero-order valence-electron chi connectivity index (χ0n) is 10.6. The lowest BCUT2D eigenvalue weighted by Crippen LogP contribution is -2.09. The van der Waals surface area contributed by atoms with Gasteiger partial charge in [-0.15, -0.1) is 0 Å². The maximum atomic E-state index is 11.1. The van der Waals surface area contributed by atoms with E-state index < -0.39 is 5.97 Å². The van der Waals surface area contributed by atoms with Gasteiger partial charge in [0.2, 0.25) is 0 Å². The van der Waals surface area contributed by atoms with Gasteiger partial charge in [-0.2, -0.15) is 0 Å². The number of phenolic OH excluding ortho intramolecular Hbond substituents is 1. The Kier molecular flexibility index (Phi) is 4.63. The number of halogens is 1. The molecule has 0 bridgehead atoms. The van der Waals surface area contributed by atoms with Crippen molar-refractivity contribution in [3.63, 3.8) is 0 Å². The lowest BCUT2D eigenvalue weighted by atomic mass is 10.1. The molecule has 0 saturated carbocycles. The van der Waals surface area contributed by atoms with Crippen LogP contribution in [0.5, 0.6) is 5.75 Å². The summed E-state index contributed by atoms with van der Waals surface area (Å²) in [7, 11) is 0. The fourth-order valence-electron chi connectivity index (χ4n) is 1.85. The lowest BCUT2D eigenvalue weighted by molar-refractivity contribution is 0.0698. The van der Waals surface area contributed by atoms with Gasteiger partial charge in [0, 0.05) is 16.7 Å². The Balaban J connectivity index is 2.02. The number of hydrogen-bond donors (Lipinski definition) is 3. The molecule has 2 aromatic rings. The number of anilines is 1. The van der Waals surface area contributed by atoms with E-state index in [1.54, 1.807) is 30.3 Å². The minimum absolute atomic E-state index is 0.238. The van der Waals surface area contributed by atoms with Gasteiger partial charge in [0.25, 0.3) is 0 Å². The van der Waals surface area contributed by atoms with Crippen molar-refractivity contribution in [3.8, 4) is 5.75 Å². The van der Waals surface area contributed by atoms with Gasteiger partial charge in [-0.1, -0.05) is 28.1 Å². The van der Waals surface area contributed by atoms with Crippen LogP contribution in [0.2, 0.25) is 0 Å². The molecule has 0 atom stereocenters. The van der Waals surface area contributed by atoms with Gasteiger partial charge >= 0.3 is 5.97 Å². The monoisotopic (exact) mass is 335 g/mol. The summed E-state index contributed by atoms with van der Waals surface area (Å²) in [5, 5.41) is 21.4. The van der Waals surface area contributed by atoms with Gasteiger partial charge in [0.15, 0.2) is 0 Å². The summed E-state index contributed by atoms with van der Waals surface area (Å²) in [6.07, 6.45) is 0.742. The SMILES string of the molecule is O=C(O)c1ccc(Br)cc1NCCc1ccc(O)cc1. The van der Waals surface area contributed by atoms with Crippen LogP contribution in [0.3, 0.4) is 0 Å². The maximum Gasteiger partial charge on any atom is 0.337 e. The number of aromatic carboxylic acids is 1. The van der Waals surface area contributed by atoms with Crippen LogP contribution >= 0.6 is 15.9 Å². The van der Waals surface area contributed by atoms with E-state index in [1.165, 1.54) is 0 Å². The first-order chi connectivity index (χ1) is 9.56. The summed E-state index contributed by atoms with van der Waals surface area (Å²) < 4.78 is 0.828. The second-order valence-electron chi connectivity index (χ2n) is 4.34. The first kappa shape index (κ1) is 14.4. The second-order valence-corrected chi connectivity index (χ2v) is 5.25. The first-order valence-corrected chi connectivity index (χ1v) is 6.90. The smallest absolute Gasteiger partial charge is 0.337 e. The molecule has 104 valence electrons. The Hall–Kier alpha value is -2.01. The molecule has 0 aromatic heterocycles. The number of aromatic hydroxyl groups is 1. The Labute approximate surface area is 125 Å². The number of rotatable bonds is 5. The summed E-state index contributed by atoms with van der Waals surface area (Å²) >= 11 is 3.33. The standard InChI is InChI=1S/C15H14BrNO3/c16-11-3-6-13(15(19)20)14(9-11)17-8-7-10-1-4-12(18)5-2-10/h1-6,9,17-18H,7-8H2,(H,19,20). The highest BCUT2D eigenvalue weighted by molar-refractivity contribution is 9.10. The summed E-state index contributed by atoms with van der Waals surface area (Å²) in [5.41, 5.74) is 1.91. The number of carboxylic acid groups (broad SMARTS) is 1. The largest absolute Gasteiger partial charge is 0.508 e. The molecule has 0 unspecified atom stereocenters. The van der Waals surface area contributed by atoms with Crippen molar-refractivity contribution < 1.29 is 15.0 Å². The third-order valence-corrected chi connectivity index (χ3v) is 3.37. The third-order valence-electron chi connectivity index (χ3n) is 2.88. The molecule has 0 heterocycles. The summed E-state index contributed by atoms with van der Waals surface area (Å²) in [6.45, 7) is 0.613. The van der Waals surface area contributed by atoms with E-state index in [-0.39, 0.29) is 11.3 Å². The van der Waals surface area contributed by atoms with Gasteiger partial charge in [0.1, 0.15) is 5.75 Å². The first-order valence-electron chi connectivity index (χ1n) is 6.11. The van der Waals surface area contributed by atoms with Crippen LogP contribution in [0.1, 0.15) is 15.9 Å². The number of benzene rings is 2. The molecular formula is C15H14BrNO3. The van der Waals surface area contributed by atoms with Gasteiger partial charge in [0.05, 0.1) is 5.56 Å². The normalized spacial score (nSPS) is 10.2. The van der Waals surface area contributed by atoms with Crippen LogP contribution in [0.15, 0.2) is 46.9 Å². The number of carboxylic acids is 1. The molecule has 0 fully saturated rings. The number of hydrogen-bond acceptors (Lipinski definition) is 3. The summed E-state index contributed by atoms with van der Waals surface area (Å²) in [4.78, 5) is 11.1. The van der Waals surface area contributed by atoms with E-state index in [1.807, 2.05) is 12.1 Å². The molecule has 4 nitrogen and oxygen atoms in total. The van der Waals surface area contributed by atoms with Crippen molar-refractivity contribution in [2.45, 2.75) is 6.42 Å². The molecule has 0 spiro atoms. The zero-order valence-corrected chi connectivity index (χ0v) is 12.2. The lowest BCUT2D eigenvalue weighted by Gasteiger charge is -2.10. The molecular weight excluding hydrogens is 322 g/mol. The molecule has 2 rings (SSSR count). The fraction of sp³-hybridized carbons (Fsp3) is 0.133. The highest BCUT2D eigenvalue weighted by Crippen LogP contribution is 2.21. The summed E-state index contributed by atoms with van der Waals surface area (Å²) in [6, 6.07) is 12.0. The zero-order chi connectivity index (χ0) is 14.5. The molecule has 0 radical (unpaired) electrons. The Morgan fingerprint density at radius 2 is 1.85 bits per heavy atom. The molecule has 0 aliphatic rings. The number of carbonyl (C=O) groups is 1. The molecule has 2 aromatic carbocycles. The summed E-state index contributed by atoms with van der Waals surface area (Å²) in [5.74, 6) is -0.716. The Morgan fingerprint density at radius 1 is 1.15 bits per heavy atom. The minimum Gasteiger partial charge on any atom is -0.508 e. The molecule has 0 saturated heterocycles. The van der Waals surface area contributed by atoms with Crippen molar-refractivity contribution in [2.24, 2.45) is 0 Å². The molecule has 0 aliphatic carbocycles. The highest BCUT2D eigenvalue weighted by atomic mass is 79.9. The van der Waals surface area contributed by atoms with Crippen molar-refractivity contribution >= 4 is 27.6 Å². The molecule has 5 heteroatoms. The Bertz CT molecular complexity index is 611. The predicted octanol–water partition coefficient (Wildman–Crippen LogP) is 3.51. The van der Waals surface area contributed by atoms with Crippen LogP contribution in [-0.4, -0.2) is 22.7 Å². The van der Waals surface area contributed by atoms with E-state index in [0.29, 0.717) is 12.2 Å². The topological polar surface area (TPSA) is 69.6 Å². The quantitative estimate of drug-likeness (QED) is 0.782. The minimum atomic E-state index is -0.954. The predicted molar refractivity (Wildman–Crippen MR) is 81.4 cm³/mol. The van der Waals surface area contributed by atoms with E-state index >= 15 is 0 Å². The van der Waals surface area contributed by atoms with Gasteiger partial charge in [-0.05, 0) is 42.3 Å². The van der Waals surface area contributed by atoms with Gasteiger partial charge in [-0.25, -0.2) is 4.79 Å². The fourth-order valence-corrected chi connectivity index (χ4v) is 2.21. The average Bonchev–Trinajstić information content (AvgIpc) is 2.41. The van der Waals surface area contributed by atoms with Crippen molar-refractivity contribution in [1.82, 2.24) is 0 Å². The second kappa shape index (κ2) is 6.43. The van der Waals surface area contributed by atoms with Crippen molar-refractivity contribution in [3.05, 3.63) is 58.1 Å². The van der Waals surface area contributed by atoms with E-state index in [4.69, 9.17) is 5.11 Å². The van der Waals surface area contributed by atoms with Crippen molar-refractivity contribution in [1.29, 1.82) is 0 Å². The molecule has 3 N–H and O–H groups in total.